The third kappa shape index (κ3) is 76.1. The van der Waals surface area contributed by atoms with E-state index >= 15 is 0 Å². The predicted octanol–water partition coefficient (Wildman–Crippen LogP) is 23.3. The molecule has 0 aliphatic heterocycles. The Morgan fingerprint density at radius 3 is 0.849 bits per heavy atom. The van der Waals surface area contributed by atoms with Gasteiger partial charge in [-0.05, 0) is 173 Å². The number of allylic oxidation sites excluding steroid dienone is 32. The van der Waals surface area contributed by atoms with Gasteiger partial charge >= 0.3 is 39.5 Å². The Balaban J connectivity index is 5.53. The molecule has 0 aliphatic rings. The molecule has 0 saturated heterocycles. The zero-order valence-electron chi connectivity index (χ0n) is 65.3. The van der Waals surface area contributed by atoms with E-state index in [9.17, 15) is 43.2 Å². The molecule has 106 heavy (non-hydrogen) atoms. The number of carbonyl (C=O) groups is 4. The van der Waals surface area contributed by atoms with Gasteiger partial charge in [0.15, 0.2) is 12.2 Å². The summed E-state index contributed by atoms with van der Waals surface area (Å²) in [5, 5.41) is 10.6. The van der Waals surface area contributed by atoms with Crippen molar-refractivity contribution < 1.29 is 80.2 Å². The number of unbranched alkanes of at least 4 members (excludes halogenated alkanes) is 14. The van der Waals surface area contributed by atoms with Crippen LogP contribution in [-0.4, -0.2) is 96.7 Å². The quantitative estimate of drug-likeness (QED) is 0.0169. The summed E-state index contributed by atoms with van der Waals surface area (Å²) in [6, 6.07) is 0. The average molecular weight is 1520 g/mol. The fourth-order valence-corrected chi connectivity index (χ4v) is 11.2. The fraction of sp³-hybridized carbons (Fsp3) is 0.586. The van der Waals surface area contributed by atoms with Crippen LogP contribution in [0.25, 0.3) is 0 Å². The molecular weight excluding hydrogens is 1380 g/mol. The maximum Gasteiger partial charge on any atom is 0.472 e. The molecule has 3 N–H and O–H groups in total. The van der Waals surface area contributed by atoms with Crippen LogP contribution in [0.15, 0.2) is 194 Å². The van der Waals surface area contributed by atoms with Crippen LogP contribution in [0, 0.1) is 0 Å². The highest BCUT2D eigenvalue weighted by molar-refractivity contribution is 7.47. The molecule has 0 fully saturated rings. The first-order chi connectivity index (χ1) is 51.7. The second-order valence-corrected chi connectivity index (χ2v) is 28.4. The van der Waals surface area contributed by atoms with Gasteiger partial charge in [-0.25, -0.2) is 9.13 Å². The maximum atomic E-state index is 13.1. The third-order valence-electron chi connectivity index (χ3n) is 15.5. The lowest BCUT2D eigenvalue weighted by atomic mass is 10.1. The van der Waals surface area contributed by atoms with Crippen molar-refractivity contribution in [3.05, 3.63) is 194 Å². The summed E-state index contributed by atoms with van der Waals surface area (Å²) < 4.78 is 68.4. The molecule has 0 aromatic carbocycles. The lowest BCUT2D eigenvalue weighted by Gasteiger charge is -2.21. The standard InChI is InChI=1S/C87H138O17P2/c1-5-9-13-17-21-25-29-33-36-38-40-42-45-49-52-56-60-64-68-72-85(90)98-78-83(104-87(92)74-70-66-62-58-54-50-46-43-41-39-37-34-30-26-22-18-14-10-6-2)80-102-106(95,96)100-76-81(88)75-99-105(93,94)101-79-82(103-86(91)73-69-65-61-57-53-47-32-28-24-20-16-12-8-4)77-97-84(89)71-67-63-59-55-51-48-44-35-31-27-23-19-15-11-7-3/h9-11,13-15,21-23,25-28,32-37,40-44,49-52,54-55,60,64,81-83,88H,5-8,12,16-20,24,29-31,38-39,45-48,53,56-59,61-63,65-80H2,1-4H3,(H,93,94)(H,95,96)/b13-9-,14-10-,15-11-,25-21-,26-22-,27-23-,32-28-,36-33-,37-34-,42-40-,43-41-,44-35-,52-49-,54-50-,55-51-,64-60-. The van der Waals surface area contributed by atoms with Crippen LogP contribution in [0.3, 0.4) is 0 Å². The van der Waals surface area contributed by atoms with Gasteiger partial charge in [0.1, 0.15) is 19.3 Å². The minimum absolute atomic E-state index is 0.0195. The first-order valence-corrected chi connectivity index (χ1v) is 42.7. The lowest BCUT2D eigenvalue weighted by molar-refractivity contribution is -0.161. The van der Waals surface area contributed by atoms with Crippen LogP contribution in [0.1, 0.15) is 272 Å². The smallest absolute Gasteiger partial charge is 0.462 e. The molecule has 17 nitrogen and oxygen atoms in total. The van der Waals surface area contributed by atoms with Crippen molar-refractivity contribution >= 4 is 39.5 Å². The summed E-state index contributed by atoms with van der Waals surface area (Å²) in [7, 11) is -10.0. The minimum atomic E-state index is -5.02. The molecule has 0 heterocycles. The van der Waals surface area contributed by atoms with Crippen molar-refractivity contribution in [3.63, 3.8) is 0 Å². The van der Waals surface area contributed by atoms with Crippen LogP contribution in [0.5, 0.6) is 0 Å². The normalized spacial score (nSPS) is 14.9. The number of carbonyl (C=O) groups excluding carboxylic acids is 4. The molecule has 0 aromatic heterocycles. The Hall–Kier alpha value is -6.10. The van der Waals surface area contributed by atoms with Crippen molar-refractivity contribution in [2.24, 2.45) is 0 Å². The van der Waals surface area contributed by atoms with Crippen LogP contribution in [0.4, 0.5) is 0 Å². The van der Waals surface area contributed by atoms with E-state index in [4.69, 9.17) is 37.0 Å². The van der Waals surface area contributed by atoms with E-state index < -0.39 is 97.5 Å². The Kier molecular flexibility index (Phi) is 72.6. The molecule has 598 valence electrons. The van der Waals surface area contributed by atoms with Gasteiger partial charge in [-0.3, -0.25) is 37.3 Å². The van der Waals surface area contributed by atoms with Crippen molar-refractivity contribution in [1.82, 2.24) is 0 Å². The van der Waals surface area contributed by atoms with Gasteiger partial charge in [0.05, 0.1) is 26.4 Å². The summed E-state index contributed by atoms with van der Waals surface area (Å²) in [5.74, 6) is -2.39. The Morgan fingerprint density at radius 1 is 0.274 bits per heavy atom. The number of phosphoric acid groups is 2. The summed E-state index contributed by atoms with van der Waals surface area (Å²) in [5.41, 5.74) is 0. The second-order valence-electron chi connectivity index (χ2n) is 25.5. The molecule has 0 amide bonds. The van der Waals surface area contributed by atoms with E-state index in [1.807, 2.05) is 18.2 Å². The van der Waals surface area contributed by atoms with E-state index in [0.29, 0.717) is 32.1 Å². The van der Waals surface area contributed by atoms with Gasteiger partial charge in [0.2, 0.25) is 0 Å². The summed E-state index contributed by atoms with van der Waals surface area (Å²) in [4.78, 5) is 73.0. The number of phosphoric ester groups is 2. The molecule has 5 unspecified atom stereocenters. The van der Waals surface area contributed by atoms with Crippen molar-refractivity contribution in [2.45, 2.75) is 290 Å². The van der Waals surface area contributed by atoms with Crippen molar-refractivity contribution in [2.75, 3.05) is 39.6 Å². The highest BCUT2D eigenvalue weighted by Gasteiger charge is 2.30. The lowest BCUT2D eigenvalue weighted by Crippen LogP contribution is -2.30. The Morgan fingerprint density at radius 2 is 0.509 bits per heavy atom. The first-order valence-electron chi connectivity index (χ1n) is 39.7. The van der Waals surface area contributed by atoms with Crippen molar-refractivity contribution in [3.8, 4) is 0 Å². The number of esters is 4. The first kappa shape index (κ1) is 99.9. The predicted molar refractivity (Wildman–Crippen MR) is 436 cm³/mol. The number of hydrogen-bond donors (Lipinski definition) is 3. The molecule has 0 saturated carbocycles. The van der Waals surface area contributed by atoms with Crippen molar-refractivity contribution in [1.29, 1.82) is 0 Å². The Bertz CT molecular complexity index is 2780. The van der Waals surface area contributed by atoms with Gasteiger partial charge in [0.25, 0.3) is 0 Å². The van der Waals surface area contributed by atoms with Gasteiger partial charge in [-0.1, -0.05) is 267 Å². The molecule has 0 radical (unpaired) electrons. The van der Waals surface area contributed by atoms with Crippen LogP contribution < -0.4 is 0 Å². The number of aliphatic hydroxyl groups excluding tert-OH is 1. The third-order valence-corrected chi connectivity index (χ3v) is 17.4. The zero-order chi connectivity index (χ0) is 77.4. The SMILES string of the molecule is CC/C=C\C/C=C\C/C=C\C/C=C\C/C=C\C/C=C\CCC(=O)OCC(COP(=O)(O)OCC(O)COP(=O)(O)OCC(COC(=O)CCCC/C=C\C/C=C\C/C=C\C/C=C\CC)OC(=O)CCCCCCC/C=C\CCCCCC)OC(=O)CCCCC/C=C\C/C=C\C/C=C\C/C=C\C/C=C\CC. The minimum Gasteiger partial charge on any atom is -0.462 e. The molecule has 0 aromatic rings. The van der Waals surface area contributed by atoms with Gasteiger partial charge < -0.3 is 33.8 Å². The summed E-state index contributed by atoms with van der Waals surface area (Å²) >= 11 is 0. The van der Waals surface area contributed by atoms with E-state index in [0.717, 1.165) is 161 Å². The Labute approximate surface area is 640 Å². The highest BCUT2D eigenvalue weighted by atomic mass is 31.2. The molecule has 0 spiro atoms. The molecule has 0 bridgehead atoms. The second kappa shape index (κ2) is 77.1. The zero-order valence-corrected chi connectivity index (χ0v) is 67.1. The highest BCUT2D eigenvalue weighted by Crippen LogP contribution is 2.45. The fourth-order valence-electron chi connectivity index (χ4n) is 9.61. The van der Waals surface area contributed by atoms with E-state index in [1.54, 1.807) is 0 Å². The van der Waals surface area contributed by atoms with E-state index in [2.05, 4.69) is 204 Å². The molecular formula is C87H138O17P2. The number of hydrogen-bond acceptors (Lipinski definition) is 15. The van der Waals surface area contributed by atoms with Gasteiger partial charge in [0, 0.05) is 25.7 Å². The molecule has 0 rings (SSSR count). The summed E-state index contributed by atoms with van der Waals surface area (Å²) in [6.45, 7) is 4.30. The number of ether oxygens (including phenoxy) is 4. The maximum absolute atomic E-state index is 13.1. The number of rotatable bonds is 72. The van der Waals surface area contributed by atoms with E-state index in [1.165, 1.54) is 25.7 Å². The largest absolute Gasteiger partial charge is 0.472 e. The van der Waals surface area contributed by atoms with Gasteiger partial charge in [-0.15, -0.1) is 0 Å². The van der Waals surface area contributed by atoms with Crippen LogP contribution in [-0.2, 0) is 65.4 Å². The van der Waals surface area contributed by atoms with Crippen LogP contribution >= 0.6 is 15.6 Å². The number of aliphatic hydroxyl groups is 1. The average Bonchev–Trinajstić information content (AvgIpc) is 0.903. The monoisotopic (exact) mass is 1520 g/mol. The topological polar surface area (TPSA) is 237 Å². The van der Waals surface area contributed by atoms with Crippen LogP contribution in [0.2, 0.25) is 0 Å². The van der Waals surface area contributed by atoms with E-state index in [-0.39, 0.29) is 25.7 Å². The molecule has 0 aliphatic carbocycles. The molecule has 5 atom stereocenters. The van der Waals surface area contributed by atoms with Gasteiger partial charge in [-0.2, -0.15) is 0 Å². The molecule has 19 heteroatoms. The summed E-state index contributed by atoms with van der Waals surface area (Å²) in [6.07, 6.45) is 94.3.